The van der Waals surface area contributed by atoms with Crippen molar-refractivity contribution in [1.82, 2.24) is 0 Å². The van der Waals surface area contributed by atoms with Crippen LogP contribution in [0.5, 0.6) is 0 Å². The van der Waals surface area contributed by atoms with Crippen molar-refractivity contribution >= 4 is 22.6 Å². The lowest BCUT2D eigenvalue weighted by molar-refractivity contribution is 0.138. The van der Waals surface area contributed by atoms with Gasteiger partial charge < -0.3 is 4.84 Å². The van der Waals surface area contributed by atoms with E-state index in [4.69, 9.17) is 5.90 Å². The standard InChI is InChI=1S/C4H8INO/c5-4(1-2-4)3-7-6/h1-3,6H2. The molecule has 0 atom stereocenters. The first-order chi connectivity index (χ1) is 3.27. The molecule has 0 unspecified atom stereocenters. The summed E-state index contributed by atoms with van der Waals surface area (Å²) in [7, 11) is 0. The molecule has 1 saturated carbocycles. The van der Waals surface area contributed by atoms with Crippen LogP contribution in [-0.2, 0) is 4.84 Å². The summed E-state index contributed by atoms with van der Waals surface area (Å²) >= 11 is 2.38. The summed E-state index contributed by atoms with van der Waals surface area (Å²) in [6.07, 6.45) is 2.54. The summed E-state index contributed by atoms with van der Waals surface area (Å²) in [5.41, 5.74) is 0. The smallest absolute Gasteiger partial charge is 0.0825 e. The molecule has 0 aromatic carbocycles. The van der Waals surface area contributed by atoms with Gasteiger partial charge in [-0.3, -0.25) is 0 Å². The molecule has 2 N–H and O–H groups in total. The molecule has 7 heavy (non-hydrogen) atoms. The van der Waals surface area contributed by atoms with E-state index < -0.39 is 0 Å². The van der Waals surface area contributed by atoms with Gasteiger partial charge in [0.05, 0.1) is 6.61 Å². The van der Waals surface area contributed by atoms with E-state index in [1.54, 1.807) is 0 Å². The van der Waals surface area contributed by atoms with Crippen LogP contribution < -0.4 is 5.90 Å². The maximum Gasteiger partial charge on any atom is 0.0825 e. The van der Waals surface area contributed by atoms with Gasteiger partial charge in [-0.15, -0.1) is 0 Å². The highest BCUT2D eigenvalue weighted by molar-refractivity contribution is 14.1. The van der Waals surface area contributed by atoms with Crippen LogP contribution in [0.25, 0.3) is 0 Å². The molecule has 0 heterocycles. The van der Waals surface area contributed by atoms with Crippen LogP contribution in [0.2, 0.25) is 0 Å². The fourth-order valence-electron chi connectivity index (χ4n) is 0.429. The van der Waals surface area contributed by atoms with Gasteiger partial charge in [0, 0.05) is 3.42 Å². The molecular formula is C4H8INO. The van der Waals surface area contributed by atoms with Crippen molar-refractivity contribution in [2.24, 2.45) is 5.90 Å². The predicted molar refractivity (Wildman–Crippen MR) is 36.1 cm³/mol. The lowest BCUT2D eigenvalue weighted by Crippen LogP contribution is -2.12. The molecule has 1 rings (SSSR count). The van der Waals surface area contributed by atoms with Crippen LogP contribution >= 0.6 is 22.6 Å². The second kappa shape index (κ2) is 1.87. The van der Waals surface area contributed by atoms with Crippen molar-refractivity contribution in [3.05, 3.63) is 0 Å². The fraction of sp³-hybridized carbons (Fsp3) is 1.00. The largest absolute Gasteiger partial charge is 0.303 e. The van der Waals surface area contributed by atoms with Gasteiger partial charge in [0.2, 0.25) is 0 Å². The first-order valence-electron chi connectivity index (χ1n) is 2.27. The van der Waals surface area contributed by atoms with Gasteiger partial charge in [-0.25, -0.2) is 5.90 Å². The Hall–Kier alpha value is 0.650. The minimum Gasteiger partial charge on any atom is -0.303 e. The van der Waals surface area contributed by atoms with Crippen LogP contribution in [0.15, 0.2) is 0 Å². The van der Waals surface area contributed by atoms with Gasteiger partial charge in [0.15, 0.2) is 0 Å². The van der Waals surface area contributed by atoms with Gasteiger partial charge in [0.1, 0.15) is 0 Å². The number of hydrogen-bond donors (Lipinski definition) is 1. The maximum absolute atomic E-state index is 4.85. The lowest BCUT2D eigenvalue weighted by Gasteiger charge is -1.99. The summed E-state index contributed by atoms with van der Waals surface area (Å²) in [5, 5.41) is 0. The first-order valence-corrected chi connectivity index (χ1v) is 3.35. The molecule has 2 nitrogen and oxygen atoms in total. The lowest BCUT2D eigenvalue weighted by atomic mass is 10.5. The fourth-order valence-corrected chi connectivity index (χ4v) is 0.879. The number of hydrogen-bond acceptors (Lipinski definition) is 2. The minimum absolute atomic E-state index is 0.423. The Bertz CT molecular complexity index is 72.1. The second-order valence-electron chi connectivity index (χ2n) is 1.96. The van der Waals surface area contributed by atoms with Crippen molar-refractivity contribution in [2.75, 3.05) is 6.61 Å². The van der Waals surface area contributed by atoms with E-state index in [0.717, 1.165) is 0 Å². The van der Waals surface area contributed by atoms with Crippen LogP contribution in [0.1, 0.15) is 12.8 Å². The molecule has 0 spiro atoms. The SMILES string of the molecule is NOCC1(I)CC1. The highest BCUT2D eigenvalue weighted by Crippen LogP contribution is 2.44. The zero-order chi connectivity index (χ0) is 5.33. The highest BCUT2D eigenvalue weighted by atomic mass is 127. The van der Waals surface area contributed by atoms with E-state index in [1.165, 1.54) is 12.8 Å². The Balaban J connectivity index is 2.13. The molecular weight excluding hydrogens is 205 g/mol. The molecule has 0 aliphatic heterocycles. The third-order valence-corrected chi connectivity index (χ3v) is 2.52. The van der Waals surface area contributed by atoms with E-state index in [2.05, 4.69) is 27.4 Å². The van der Waals surface area contributed by atoms with Gasteiger partial charge in [-0.1, -0.05) is 22.6 Å². The average Bonchev–Trinajstić information content (AvgIpc) is 2.22. The quantitative estimate of drug-likeness (QED) is 0.419. The number of alkyl halides is 1. The van der Waals surface area contributed by atoms with E-state index in [9.17, 15) is 0 Å². The van der Waals surface area contributed by atoms with Crippen LogP contribution in [0, 0.1) is 0 Å². The molecule has 1 aliphatic carbocycles. The van der Waals surface area contributed by atoms with E-state index >= 15 is 0 Å². The highest BCUT2D eigenvalue weighted by Gasteiger charge is 2.39. The van der Waals surface area contributed by atoms with E-state index in [0.29, 0.717) is 10.0 Å². The molecule has 0 aromatic heterocycles. The Labute approximate surface area is 56.5 Å². The maximum atomic E-state index is 4.85. The predicted octanol–water partition coefficient (Wildman–Crippen LogP) is 0.844. The summed E-state index contributed by atoms with van der Waals surface area (Å²) in [6, 6.07) is 0. The Morgan fingerprint density at radius 3 is 2.43 bits per heavy atom. The topological polar surface area (TPSA) is 35.2 Å². The molecule has 3 heteroatoms. The van der Waals surface area contributed by atoms with Gasteiger partial charge in [-0.05, 0) is 12.8 Å². The molecule has 0 saturated heterocycles. The summed E-state index contributed by atoms with van der Waals surface area (Å²) in [6.45, 7) is 0.716. The number of nitrogens with two attached hydrogens (primary N) is 1. The number of rotatable bonds is 2. The van der Waals surface area contributed by atoms with Crippen molar-refractivity contribution in [3.63, 3.8) is 0 Å². The molecule has 0 aromatic rings. The van der Waals surface area contributed by atoms with Crippen molar-refractivity contribution in [2.45, 2.75) is 16.3 Å². The Morgan fingerprint density at radius 1 is 1.71 bits per heavy atom. The van der Waals surface area contributed by atoms with Crippen LogP contribution in [0.4, 0.5) is 0 Å². The van der Waals surface area contributed by atoms with Crippen LogP contribution in [-0.4, -0.2) is 10.0 Å². The van der Waals surface area contributed by atoms with Crippen molar-refractivity contribution < 1.29 is 4.84 Å². The third-order valence-electron chi connectivity index (χ3n) is 1.13. The van der Waals surface area contributed by atoms with Gasteiger partial charge >= 0.3 is 0 Å². The molecule has 1 aliphatic rings. The Morgan fingerprint density at radius 2 is 2.29 bits per heavy atom. The average molecular weight is 213 g/mol. The van der Waals surface area contributed by atoms with Crippen LogP contribution in [0.3, 0.4) is 0 Å². The summed E-state index contributed by atoms with van der Waals surface area (Å²) in [5.74, 6) is 4.85. The third kappa shape index (κ3) is 1.54. The molecule has 1 fully saturated rings. The van der Waals surface area contributed by atoms with E-state index in [-0.39, 0.29) is 0 Å². The molecule has 0 amide bonds. The van der Waals surface area contributed by atoms with Crippen molar-refractivity contribution in [1.29, 1.82) is 0 Å². The monoisotopic (exact) mass is 213 g/mol. The van der Waals surface area contributed by atoms with Gasteiger partial charge in [0.25, 0.3) is 0 Å². The first kappa shape index (κ1) is 5.78. The number of halogens is 1. The van der Waals surface area contributed by atoms with Crippen molar-refractivity contribution in [3.8, 4) is 0 Å². The zero-order valence-electron chi connectivity index (χ0n) is 3.98. The Kier molecular flexibility index (Phi) is 1.55. The molecule has 0 bridgehead atoms. The minimum atomic E-state index is 0.423. The normalized spacial score (nSPS) is 24.9. The van der Waals surface area contributed by atoms with Gasteiger partial charge in [-0.2, -0.15) is 0 Å². The summed E-state index contributed by atoms with van der Waals surface area (Å²) in [4.78, 5) is 4.46. The molecule has 42 valence electrons. The zero-order valence-corrected chi connectivity index (χ0v) is 6.14. The second-order valence-corrected chi connectivity index (χ2v) is 4.25. The summed E-state index contributed by atoms with van der Waals surface area (Å²) < 4.78 is 0.423. The molecule has 0 radical (unpaired) electrons. The van der Waals surface area contributed by atoms with E-state index in [1.807, 2.05) is 0 Å².